The van der Waals surface area contributed by atoms with E-state index in [2.05, 4.69) is 4.74 Å². The first-order valence-corrected chi connectivity index (χ1v) is 6.68. The molecule has 1 saturated heterocycles. The lowest BCUT2D eigenvalue weighted by atomic mass is 10.3. The molecule has 1 rings (SSSR count). The van der Waals surface area contributed by atoms with Crippen LogP contribution in [0.5, 0.6) is 0 Å². The second kappa shape index (κ2) is 5.58. The minimum absolute atomic E-state index is 0.0531. The quantitative estimate of drug-likeness (QED) is 0.638. The summed E-state index contributed by atoms with van der Waals surface area (Å²) in [4.78, 5) is 11.1. The molecule has 1 heterocycles. The molecule has 1 fully saturated rings. The summed E-state index contributed by atoms with van der Waals surface area (Å²) >= 11 is 0. The third-order valence-electron chi connectivity index (χ3n) is 2.15. The largest absolute Gasteiger partial charge is 0.377 e. The number of carbonyl (C=O) groups is 1. The molecule has 88 valence electrons. The molecule has 0 bridgehead atoms. The molecule has 1 aliphatic rings. The molecule has 0 aromatic carbocycles. The van der Waals surface area contributed by atoms with Crippen molar-refractivity contribution in [3.05, 3.63) is 0 Å². The normalized spacial score (nSPS) is 21.8. The fourth-order valence-electron chi connectivity index (χ4n) is 1.57. The summed E-state index contributed by atoms with van der Waals surface area (Å²) in [5, 5.41) is 0. The highest BCUT2D eigenvalue weighted by molar-refractivity contribution is 7.92. The van der Waals surface area contributed by atoms with Gasteiger partial charge >= 0.3 is 0 Å². The van der Waals surface area contributed by atoms with Gasteiger partial charge in [0.1, 0.15) is 12.4 Å². The van der Waals surface area contributed by atoms with Gasteiger partial charge in [0, 0.05) is 13.7 Å². The lowest BCUT2D eigenvalue weighted by molar-refractivity contribution is -0.120. The zero-order chi connectivity index (χ0) is 11.3. The molecule has 1 aliphatic heterocycles. The summed E-state index contributed by atoms with van der Waals surface area (Å²) in [6, 6.07) is 0. The third kappa shape index (κ3) is 4.72. The van der Waals surface area contributed by atoms with Gasteiger partial charge in [-0.05, 0) is 12.8 Å². The Morgan fingerprint density at radius 1 is 1.53 bits per heavy atom. The van der Waals surface area contributed by atoms with Gasteiger partial charge < -0.3 is 9.47 Å². The number of hydrogen-bond donors (Lipinski definition) is 0. The zero-order valence-electron chi connectivity index (χ0n) is 8.77. The van der Waals surface area contributed by atoms with Gasteiger partial charge in [-0.3, -0.25) is 4.79 Å². The van der Waals surface area contributed by atoms with Crippen LogP contribution in [-0.4, -0.2) is 52.1 Å². The summed E-state index contributed by atoms with van der Waals surface area (Å²) in [5.74, 6) is -0.904. The summed E-state index contributed by atoms with van der Waals surface area (Å²) < 4.78 is 32.8. The molecule has 0 N–H and O–H groups in total. The van der Waals surface area contributed by atoms with Crippen molar-refractivity contribution < 1.29 is 22.7 Å². The molecule has 15 heavy (non-hydrogen) atoms. The van der Waals surface area contributed by atoms with Crippen molar-refractivity contribution in [2.75, 3.05) is 31.8 Å². The van der Waals surface area contributed by atoms with Crippen LogP contribution < -0.4 is 0 Å². The van der Waals surface area contributed by atoms with E-state index in [1.165, 1.54) is 7.11 Å². The van der Waals surface area contributed by atoms with E-state index in [9.17, 15) is 13.2 Å². The number of hydrogen-bond acceptors (Lipinski definition) is 5. The molecule has 1 unspecified atom stereocenters. The first kappa shape index (κ1) is 12.6. The average molecular weight is 236 g/mol. The van der Waals surface area contributed by atoms with Gasteiger partial charge in [-0.15, -0.1) is 0 Å². The van der Waals surface area contributed by atoms with Crippen LogP contribution in [0.1, 0.15) is 12.8 Å². The number of ketones is 1. The van der Waals surface area contributed by atoms with Crippen LogP contribution in [0.15, 0.2) is 0 Å². The van der Waals surface area contributed by atoms with E-state index < -0.39 is 21.4 Å². The third-order valence-corrected chi connectivity index (χ3v) is 3.79. The van der Waals surface area contributed by atoms with Crippen molar-refractivity contribution in [1.82, 2.24) is 0 Å². The maximum atomic E-state index is 11.5. The Balaban J connectivity index is 2.40. The van der Waals surface area contributed by atoms with Crippen LogP contribution in [0.2, 0.25) is 0 Å². The Bertz CT molecular complexity index is 302. The Kier molecular flexibility index (Phi) is 4.69. The van der Waals surface area contributed by atoms with Crippen LogP contribution in [0.4, 0.5) is 0 Å². The van der Waals surface area contributed by atoms with Gasteiger partial charge in [-0.25, -0.2) is 8.42 Å². The van der Waals surface area contributed by atoms with E-state index in [0.717, 1.165) is 12.8 Å². The predicted molar refractivity (Wildman–Crippen MR) is 54.5 cm³/mol. The zero-order valence-corrected chi connectivity index (χ0v) is 9.59. The number of methoxy groups -OCH3 is 1. The van der Waals surface area contributed by atoms with Crippen LogP contribution in [0.3, 0.4) is 0 Å². The Morgan fingerprint density at radius 2 is 2.27 bits per heavy atom. The summed E-state index contributed by atoms with van der Waals surface area (Å²) in [6.45, 7) is 0.469. The SMILES string of the molecule is COCC(=O)CS(=O)(=O)CC1CCCO1. The molecule has 0 saturated carbocycles. The number of carbonyl (C=O) groups excluding carboxylic acids is 1. The predicted octanol–water partition coefficient (Wildman–Crippen LogP) is -0.204. The molecule has 5 nitrogen and oxygen atoms in total. The van der Waals surface area contributed by atoms with Crippen molar-refractivity contribution in [1.29, 1.82) is 0 Å². The van der Waals surface area contributed by atoms with Crippen LogP contribution in [-0.2, 0) is 24.1 Å². The molecule has 0 aromatic rings. The van der Waals surface area contributed by atoms with Crippen molar-refractivity contribution in [3.8, 4) is 0 Å². The fraction of sp³-hybridized carbons (Fsp3) is 0.889. The van der Waals surface area contributed by atoms with E-state index in [0.29, 0.717) is 6.61 Å². The highest BCUT2D eigenvalue weighted by Gasteiger charge is 2.25. The molecular weight excluding hydrogens is 220 g/mol. The van der Waals surface area contributed by atoms with Crippen molar-refractivity contribution in [2.24, 2.45) is 0 Å². The topological polar surface area (TPSA) is 69.7 Å². The minimum atomic E-state index is -3.34. The van der Waals surface area contributed by atoms with Gasteiger partial charge in [0.05, 0.1) is 11.9 Å². The van der Waals surface area contributed by atoms with E-state index >= 15 is 0 Å². The van der Waals surface area contributed by atoms with Gasteiger partial charge in [0.25, 0.3) is 0 Å². The minimum Gasteiger partial charge on any atom is -0.377 e. The Morgan fingerprint density at radius 3 is 2.80 bits per heavy atom. The highest BCUT2D eigenvalue weighted by Crippen LogP contribution is 2.14. The molecular formula is C9H16O5S. The second-order valence-electron chi connectivity index (χ2n) is 3.66. The van der Waals surface area contributed by atoms with Gasteiger partial charge in [-0.1, -0.05) is 0 Å². The van der Waals surface area contributed by atoms with Crippen molar-refractivity contribution >= 4 is 15.6 Å². The summed E-state index contributed by atoms with van der Waals surface area (Å²) in [6.07, 6.45) is 1.43. The maximum absolute atomic E-state index is 11.5. The van der Waals surface area contributed by atoms with Gasteiger partial charge in [0.2, 0.25) is 0 Å². The van der Waals surface area contributed by atoms with E-state index in [1.807, 2.05) is 0 Å². The molecule has 0 radical (unpaired) electrons. The maximum Gasteiger partial charge on any atom is 0.173 e. The molecule has 0 aromatic heterocycles. The summed E-state index contributed by atoms with van der Waals surface area (Å²) in [7, 11) is -1.98. The first-order valence-electron chi connectivity index (χ1n) is 4.86. The summed E-state index contributed by atoms with van der Waals surface area (Å²) in [5.41, 5.74) is 0. The molecule has 1 atom stereocenters. The van der Waals surface area contributed by atoms with E-state index in [1.54, 1.807) is 0 Å². The number of ether oxygens (including phenoxy) is 2. The molecule has 0 spiro atoms. The van der Waals surface area contributed by atoms with Crippen molar-refractivity contribution in [3.63, 3.8) is 0 Å². The van der Waals surface area contributed by atoms with E-state index in [4.69, 9.17) is 4.74 Å². The monoisotopic (exact) mass is 236 g/mol. The lowest BCUT2D eigenvalue weighted by Gasteiger charge is -2.09. The number of sulfone groups is 1. The fourth-order valence-corrected chi connectivity index (χ4v) is 3.09. The van der Waals surface area contributed by atoms with Crippen LogP contribution in [0.25, 0.3) is 0 Å². The van der Waals surface area contributed by atoms with Gasteiger partial charge in [-0.2, -0.15) is 0 Å². The van der Waals surface area contributed by atoms with Crippen LogP contribution in [0, 0.1) is 0 Å². The number of Topliss-reactive ketones (excluding diaryl/α,β-unsaturated/α-hetero) is 1. The van der Waals surface area contributed by atoms with Crippen LogP contribution >= 0.6 is 0 Å². The lowest BCUT2D eigenvalue weighted by Crippen LogP contribution is -2.27. The molecule has 0 aliphatic carbocycles. The Hall–Kier alpha value is -0.460. The highest BCUT2D eigenvalue weighted by atomic mass is 32.2. The standard InChI is InChI=1S/C9H16O5S/c1-13-5-8(10)6-15(11,12)7-9-3-2-4-14-9/h9H,2-7H2,1H3. The molecule has 6 heteroatoms. The second-order valence-corrected chi connectivity index (χ2v) is 5.77. The Labute approximate surface area is 89.7 Å². The van der Waals surface area contributed by atoms with Gasteiger partial charge in [0.15, 0.2) is 15.6 Å². The van der Waals surface area contributed by atoms with Crippen molar-refractivity contribution in [2.45, 2.75) is 18.9 Å². The van der Waals surface area contributed by atoms with E-state index in [-0.39, 0.29) is 18.5 Å². The number of rotatable bonds is 6. The first-order chi connectivity index (χ1) is 7.03. The average Bonchev–Trinajstić information content (AvgIpc) is 2.54. The smallest absolute Gasteiger partial charge is 0.173 e. The molecule has 0 amide bonds.